The molecular formula is C14H12Cl2N3NaO3. The first-order chi connectivity index (χ1) is 10.5. The summed E-state index contributed by atoms with van der Waals surface area (Å²) >= 11 is 11.9. The number of carbonyl (C=O) groups excluding carboxylic acids is 1. The van der Waals surface area contributed by atoms with E-state index in [9.17, 15) is 9.90 Å². The van der Waals surface area contributed by atoms with Crippen LogP contribution < -0.4 is 40.0 Å². The largest absolute Gasteiger partial charge is 1.00 e. The van der Waals surface area contributed by atoms with Gasteiger partial charge in [-0.2, -0.15) is 0 Å². The first-order valence-electron chi connectivity index (χ1n) is 6.31. The van der Waals surface area contributed by atoms with Crippen LogP contribution in [0.4, 0.5) is 5.95 Å². The van der Waals surface area contributed by atoms with Crippen LogP contribution >= 0.6 is 23.2 Å². The van der Waals surface area contributed by atoms with Crippen LogP contribution in [0.3, 0.4) is 0 Å². The molecular weight excluding hydrogens is 352 g/mol. The predicted molar refractivity (Wildman–Crippen MR) is 81.5 cm³/mol. The SMILES string of the molecule is COC(=O)c1cnc(NCCc2ccc(Cl)cc2Cl)nc1[O-].[Na+]. The quantitative estimate of drug-likeness (QED) is 0.558. The van der Waals surface area contributed by atoms with Gasteiger partial charge in [-0.1, -0.05) is 29.3 Å². The maximum Gasteiger partial charge on any atom is 1.00 e. The van der Waals surface area contributed by atoms with Gasteiger partial charge in [0.2, 0.25) is 5.95 Å². The van der Waals surface area contributed by atoms with Crippen LogP contribution in [0.5, 0.6) is 5.88 Å². The Labute approximate surface area is 165 Å². The van der Waals surface area contributed by atoms with E-state index >= 15 is 0 Å². The number of hydrogen-bond acceptors (Lipinski definition) is 6. The number of carbonyl (C=O) groups is 1. The minimum absolute atomic E-state index is 0. The van der Waals surface area contributed by atoms with Crippen LogP contribution in [0, 0.1) is 0 Å². The minimum Gasteiger partial charge on any atom is -0.858 e. The van der Waals surface area contributed by atoms with E-state index in [4.69, 9.17) is 23.2 Å². The fourth-order valence-electron chi connectivity index (χ4n) is 1.73. The average molecular weight is 364 g/mol. The van der Waals surface area contributed by atoms with E-state index in [2.05, 4.69) is 20.0 Å². The van der Waals surface area contributed by atoms with Crippen molar-refractivity contribution in [2.24, 2.45) is 0 Å². The van der Waals surface area contributed by atoms with Gasteiger partial charge in [-0.05, 0) is 24.1 Å². The maximum atomic E-state index is 11.6. The molecule has 1 aromatic carbocycles. The van der Waals surface area contributed by atoms with Gasteiger partial charge in [-0.25, -0.2) is 14.8 Å². The number of halogens is 2. The van der Waals surface area contributed by atoms with Gasteiger partial charge in [0.05, 0.1) is 12.7 Å². The Morgan fingerprint density at radius 3 is 2.74 bits per heavy atom. The van der Waals surface area contributed by atoms with Gasteiger partial charge in [0.25, 0.3) is 0 Å². The third kappa shape index (κ3) is 5.51. The molecule has 0 saturated heterocycles. The molecule has 0 unspecified atom stereocenters. The average Bonchev–Trinajstić information content (AvgIpc) is 2.49. The summed E-state index contributed by atoms with van der Waals surface area (Å²) in [6, 6.07) is 5.24. The number of nitrogens with zero attached hydrogens (tertiary/aromatic N) is 2. The Morgan fingerprint density at radius 2 is 2.13 bits per heavy atom. The van der Waals surface area contributed by atoms with Crippen molar-refractivity contribution in [3.63, 3.8) is 0 Å². The molecule has 9 heteroatoms. The smallest absolute Gasteiger partial charge is 0.858 e. The van der Waals surface area contributed by atoms with E-state index in [1.165, 1.54) is 7.11 Å². The van der Waals surface area contributed by atoms with Gasteiger partial charge in [-0.3, -0.25) is 0 Å². The Kier molecular flexibility index (Phi) is 8.08. The van der Waals surface area contributed by atoms with E-state index in [0.717, 1.165) is 11.8 Å². The fourth-order valence-corrected chi connectivity index (χ4v) is 2.24. The van der Waals surface area contributed by atoms with Crippen molar-refractivity contribution in [1.82, 2.24) is 9.97 Å². The zero-order valence-electron chi connectivity index (χ0n) is 12.6. The van der Waals surface area contributed by atoms with E-state index < -0.39 is 11.8 Å². The van der Waals surface area contributed by atoms with Crippen LogP contribution in [0.2, 0.25) is 10.0 Å². The van der Waals surface area contributed by atoms with Gasteiger partial charge in [-0.15, -0.1) is 0 Å². The molecule has 116 valence electrons. The topological polar surface area (TPSA) is 87.2 Å². The summed E-state index contributed by atoms with van der Waals surface area (Å²) < 4.78 is 4.45. The van der Waals surface area contributed by atoms with Crippen LogP contribution in [0.1, 0.15) is 15.9 Å². The number of esters is 1. The van der Waals surface area contributed by atoms with Gasteiger partial charge in [0.15, 0.2) is 0 Å². The summed E-state index contributed by atoms with van der Waals surface area (Å²) in [5, 5.41) is 15.7. The van der Waals surface area contributed by atoms with E-state index in [0.29, 0.717) is 23.0 Å². The molecule has 0 aliphatic rings. The van der Waals surface area contributed by atoms with Crippen molar-refractivity contribution in [2.75, 3.05) is 19.0 Å². The number of ether oxygens (including phenoxy) is 1. The number of rotatable bonds is 5. The summed E-state index contributed by atoms with van der Waals surface area (Å²) in [6.45, 7) is 0.471. The van der Waals surface area contributed by atoms with Crippen molar-refractivity contribution >= 4 is 35.1 Å². The molecule has 0 aliphatic heterocycles. The summed E-state index contributed by atoms with van der Waals surface area (Å²) in [7, 11) is 1.18. The second-order valence-electron chi connectivity index (χ2n) is 4.32. The molecule has 0 bridgehead atoms. The van der Waals surface area contributed by atoms with Crippen LogP contribution in [0.15, 0.2) is 24.4 Å². The minimum atomic E-state index is -0.760. The molecule has 0 radical (unpaired) electrons. The molecule has 2 aromatic rings. The Morgan fingerprint density at radius 1 is 1.39 bits per heavy atom. The van der Waals surface area contributed by atoms with E-state index in [1.807, 2.05) is 6.07 Å². The van der Waals surface area contributed by atoms with Crippen LogP contribution in [0.25, 0.3) is 0 Å². The van der Waals surface area contributed by atoms with E-state index in [1.54, 1.807) is 12.1 Å². The van der Waals surface area contributed by atoms with Crippen LogP contribution in [-0.4, -0.2) is 29.6 Å². The number of hydrogen-bond donors (Lipinski definition) is 1. The Hall–Kier alpha value is -1.05. The van der Waals surface area contributed by atoms with Gasteiger partial charge < -0.3 is 15.2 Å². The summed E-state index contributed by atoms with van der Waals surface area (Å²) in [5.41, 5.74) is 0.709. The summed E-state index contributed by atoms with van der Waals surface area (Å²) in [5.74, 6) is -1.30. The first-order valence-corrected chi connectivity index (χ1v) is 7.07. The van der Waals surface area contributed by atoms with Gasteiger partial charge in [0, 0.05) is 28.7 Å². The zero-order chi connectivity index (χ0) is 16.1. The monoisotopic (exact) mass is 363 g/mol. The molecule has 2 rings (SSSR count). The second kappa shape index (κ2) is 9.30. The van der Waals surface area contributed by atoms with Crippen molar-refractivity contribution in [1.29, 1.82) is 0 Å². The number of aromatic nitrogens is 2. The Bertz CT molecular complexity index is 701. The molecule has 0 saturated carbocycles. The van der Waals surface area contributed by atoms with Gasteiger partial charge >= 0.3 is 35.5 Å². The van der Waals surface area contributed by atoms with Crippen molar-refractivity contribution in [3.8, 4) is 5.88 Å². The molecule has 6 nitrogen and oxygen atoms in total. The first kappa shape index (κ1) is 20.0. The normalized spacial score (nSPS) is 9.87. The number of nitrogens with one attached hydrogen (secondary N) is 1. The molecule has 1 heterocycles. The Balaban J connectivity index is 0.00000264. The predicted octanol–water partition coefficient (Wildman–Crippen LogP) is -0.698. The summed E-state index contributed by atoms with van der Waals surface area (Å²) in [6.07, 6.45) is 1.74. The zero-order valence-corrected chi connectivity index (χ0v) is 16.1. The number of anilines is 1. The molecule has 0 atom stereocenters. The maximum absolute atomic E-state index is 11.6. The molecule has 1 aromatic heterocycles. The number of methoxy groups -OCH3 is 1. The molecule has 1 N–H and O–H groups in total. The van der Waals surface area contributed by atoms with E-state index in [-0.39, 0.29) is 41.1 Å². The third-order valence-electron chi connectivity index (χ3n) is 2.85. The van der Waals surface area contributed by atoms with Crippen LogP contribution in [-0.2, 0) is 11.2 Å². The number of benzene rings is 1. The van der Waals surface area contributed by atoms with Crippen molar-refractivity contribution in [2.45, 2.75) is 6.42 Å². The van der Waals surface area contributed by atoms with Crippen molar-refractivity contribution in [3.05, 3.63) is 45.6 Å². The molecule has 0 amide bonds. The molecule has 0 fully saturated rings. The molecule has 23 heavy (non-hydrogen) atoms. The van der Waals surface area contributed by atoms with Gasteiger partial charge in [0.1, 0.15) is 0 Å². The third-order valence-corrected chi connectivity index (χ3v) is 3.44. The standard InChI is InChI=1S/C14H13Cl2N3O3.Na/c1-22-13(21)10-7-18-14(19-12(10)20)17-5-4-8-2-3-9(15)6-11(8)16;/h2-3,6-7H,4-5H2,1H3,(H2,17,18,19,20);/q;+1/p-1. The van der Waals surface area contributed by atoms with Crippen molar-refractivity contribution < 1.29 is 44.2 Å². The fraction of sp³-hybridized carbons (Fsp3) is 0.214. The second-order valence-corrected chi connectivity index (χ2v) is 5.16. The summed E-state index contributed by atoms with van der Waals surface area (Å²) in [4.78, 5) is 18.8. The molecule has 0 spiro atoms. The molecule has 0 aliphatic carbocycles.